The van der Waals surface area contributed by atoms with Gasteiger partial charge in [-0.1, -0.05) is 19.4 Å². The summed E-state index contributed by atoms with van der Waals surface area (Å²) < 4.78 is 0. The summed E-state index contributed by atoms with van der Waals surface area (Å²) in [6.45, 7) is 4.30. The number of carbonyl (C=O) groups excluding carboxylic acids is 2. The molecule has 4 heteroatoms. The van der Waals surface area contributed by atoms with Crippen molar-refractivity contribution in [1.82, 2.24) is 4.90 Å². The van der Waals surface area contributed by atoms with Crippen LogP contribution in [0.1, 0.15) is 48.9 Å². The van der Waals surface area contributed by atoms with Crippen LogP contribution in [0, 0.1) is 5.92 Å². The average Bonchev–Trinajstić information content (AvgIpc) is 2.61. The minimum Gasteiger partial charge on any atom is -0.335 e. The number of nitrogens with zero attached hydrogens (tertiary/aromatic N) is 1. The van der Waals surface area contributed by atoms with Crippen molar-refractivity contribution < 1.29 is 9.59 Å². The fourth-order valence-corrected chi connectivity index (χ4v) is 3.93. The molecular formula is C19H24N2O2. The summed E-state index contributed by atoms with van der Waals surface area (Å²) in [7, 11) is 0. The van der Waals surface area contributed by atoms with E-state index in [9.17, 15) is 9.59 Å². The van der Waals surface area contributed by atoms with Gasteiger partial charge < -0.3 is 10.2 Å². The van der Waals surface area contributed by atoms with Crippen molar-refractivity contribution in [2.75, 3.05) is 11.9 Å². The number of fused-ring (bicyclic) bond motifs is 1. The van der Waals surface area contributed by atoms with Gasteiger partial charge in [-0.3, -0.25) is 9.59 Å². The molecule has 0 unspecified atom stereocenters. The number of rotatable bonds is 3. The number of piperidine rings is 1. The highest BCUT2D eigenvalue weighted by molar-refractivity contribution is 5.99. The van der Waals surface area contributed by atoms with Gasteiger partial charge in [0.25, 0.3) is 5.91 Å². The molecule has 4 nitrogen and oxygen atoms in total. The van der Waals surface area contributed by atoms with Crippen LogP contribution in [0.15, 0.2) is 36.9 Å². The van der Waals surface area contributed by atoms with E-state index in [1.165, 1.54) is 31.8 Å². The molecule has 2 atom stereocenters. The second-order valence-electron chi connectivity index (χ2n) is 6.52. The highest BCUT2D eigenvalue weighted by atomic mass is 16.2. The fourth-order valence-electron chi connectivity index (χ4n) is 3.93. The molecule has 2 fully saturated rings. The van der Waals surface area contributed by atoms with Crippen molar-refractivity contribution in [2.24, 2.45) is 5.92 Å². The van der Waals surface area contributed by atoms with Crippen LogP contribution in [0.4, 0.5) is 5.69 Å². The van der Waals surface area contributed by atoms with E-state index < -0.39 is 0 Å². The Labute approximate surface area is 137 Å². The molecule has 1 aliphatic carbocycles. The summed E-state index contributed by atoms with van der Waals surface area (Å²) in [4.78, 5) is 26.3. The van der Waals surface area contributed by atoms with Crippen LogP contribution >= 0.6 is 0 Å². The van der Waals surface area contributed by atoms with Gasteiger partial charge in [-0.25, -0.2) is 0 Å². The van der Waals surface area contributed by atoms with Gasteiger partial charge in [-0.15, -0.1) is 0 Å². The molecule has 0 bridgehead atoms. The first kappa shape index (κ1) is 15.8. The molecule has 2 amide bonds. The van der Waals surface area contributed by atoms with Crippen LogP contribution in [-0.2, 0) is 4.79 Å². The number of hydrogen-bond donors (Lipinski definition) is 1. The lowest BCUT2D eigenvalue weighted by molar-refractivity contribution is -0.111. The number of anilines is 1. The molecule has 0 aromatic heterocycles. The van der Waals surface area contributed by atoms with Gasteiger partial charge in [0.15, 0.2) is 0 Å². The quantitative estimate of drug-likeness (QED) is 0.867. The van der Waals surface area contributed by atoms with Crippen molar-refractivity contribution in [2.45, 2.75) is 44.6 Å². The lowest BCUT2D eigenvalue weighted by Gasteiger charge is -2.44. The zero-order valence-electron chi connectivity index (χ0n) is 13.5. The van der Waals surface area contributed by atoms with Crippen molar-refractivity contribution >= 4 is 17.5 Å². The molecule has 1 aromatic rings. The van der Waals surface area contributed by atoms with Gasteiger partial charge >= 0.3 is 0 Å². The minimum atomic E-state index is -0.245. The zero-order chi connectivity index (χ0) is 16.2. The fraction of sp³-hybridized carbons (Fsp3) is 0.474. The first-order valence-electron chi connectivity index (χ1n) is 8.53. The molecule has 1 N–H and O–H groups in total. The summed E-state index contributed by atoms with van der Waals surface area (Å²) in [5, 5.41) is 2.70. The second-order valence-corrected chi connectivity index (χ2v) is 6.52. The summed E-state index contributed by atoms with van der Waals surface area (Å²) >= 11 is 0. The van der Waals surface area contributed by atoms with Crippen molar-refractivity contribution in [3.8, 4) is 0 Å². The van der Waals surface area contributed by atoms with Gasteiger partial charge in [-0.2, -0.15) is 0 Å². The predicted octanol–water partition coefficient (Wildman–Crippen LogP) is 3.61. The van der Waals surface area contributed by atoms with Crippen LogP contribution < -0.4 is 5.32 Å². The van der Waals surface area contributed by atoms with Gasteiger partial charge in [0, 0.05) is 23.8 Å². The van der Waals surface area contributed by atoms with E-state index in [1.807, 2.05) is 0 Å². The first-order chi connectivity index (χ1) is 11.2. The number of nitrogens with one attached hydrogen (secondary N) is 1. The summed E-state index contributed by atoms with van der Waals surface area (Å²) in [5.74, 6) is 0.570. The Morgan fingerprint density at radius 1 is 1.09 bits per heavy atom. The van der Waals surface area contributed by atoms with Gasteiger partial charge in [0.2, 0.25) is 5.91 Å². The topological polar surface area (TPSA) is 49.4 Å². The second kappa shape index (κ2) is 6.99. The van der Waals surface area contributed by atoms with Gasteiger partial charge in [0.1, 0.15) is 0 Å². The minimum absolute atomic E-state index is 0.128. The molecule has 1 saturated heterocycles. The largest absolute Gasteiger partial charge is 0.335 e. The van der Waals surface area contributed by atoms with E-state index in [0.717, 1.165) is 19.4 Å². The Morgan fingerprint density at radius 2 is 1.78 bits per heavy atom. The van der Waals surface area contributed by atoms with E-state index in [1.54, 1.807) is 24.3 Å². The van der Waals surface area contributed by atoms with Crippen LogP contribution in [0.5, 0.6) is 0 Å². The van der Waals surface area contributed by atoms with Crippen LogP contribution in [0.2, 0.25) is 0 Å². The van der Waals surface area contributed by atoms with Crippen molar-refractivity contribution in [1.29, 1.82) is 0 Å². The monoisotopic (exact) mass is 312 g/mol. The Bertz CT molecular complexity index is 592. The number of hydrogen-bond acceptors (Lipinski definition) is 2. The van der Waals surface area contributed by atoms with E-state index in [0.29, 0.717) is 23.2 Å². The first-order valence-corrected chi connectivity index (χ1v) is 8.53. The normalized spacial score (nSPS) is 23.7. The number of benzene rings is 1. The van der Waals surface area contributed by atoms with Crippen molar-refractivity contribution in [3.05, 3.63) is 42.5 Å². The van der Waals surface area contributed by atoms with Crippen LogP contribution in [0.25, 0.3) is 0 Å². The van der Waals surface area contributed by atoms with E-state index >= 15 is 0 Å². The molecule has 1 saturated carbocycles. The van der Waals surface area contributed by atoms with E-state index in [2.05, 4.69) is 16.8 Å². The number of likely N-dealkylation sites (tertiary alicyclic amines) is 1. The summed E-state index contributed by atoms with van der Waals surface area (Å²) in [5.41, 5.74) is 1.38. The Kier molecular flexibility index (Phi) is 4.79. The van der Waals surface area contributed by atoms with Gasteiger partial charge in [-0.05, 0) is 61.9 Å². The highest BCUT2D eigenvalue weighted by Gasteiger charge is 2.35. The lowest BCUT2D eigenvalue weighted by Crippen LogP contribution is -2.49. The van der Waals surface area contributed by atoms with E-state index in [-0.39, 0.29) is 11.8 Å². The molecular weight excluding hydrogens is 288 g/mol. The third-order valence-electron chi connectivity index (χ3n) is 5.09. The lowest BCUT2D eigenvalue weighted by atomic mass is 9.78. The Balaban J connectivity index is 1.71. The molecule has 0 radical (unpaired) electrons. The number of amides is 2. The maximum absolute atomic E-state index is 12.9. The average molecular weight is 312 g/mol. The molecule has 0 spiro atoms. The maximum atomic E-state index is 12.9. The van der Waals surface area contributed by atoms with Crippen molar-refractivity contribution in [3.63, 3.8) is 0 Å². The molecule has 1 aromatic carbocycles. The highest BCUT2D eigenvalue weighted by Crippen LogP contribution is 2.35. The third kappa shape index (κ3) is 3.46. The smallest absolute Gasteiger partial charge is 0.254 e. The molecule has 2 aliphatic rings. The Hall–Kier alpha value is -2.10. The van der Waals surface area contributed by atoms with Crippen LogP contribution in [-0.4, -0.2) is 29.3 Å². The predicted molar refractivity (Wildman–Crippen MR) is 91.3 cm³/mol. The molecule has 1 aliphatic heterocycles. The summed E-state index contributed by atoms with van der Waals surface area (Å²) in [6.07, 6.45) is 8.56. The van der Waals surface area contributed by atoms with Gasteiger partial charge in [0.05, 0.1) is 0 Å². The number of carbonyl (C=O) groups is 2. The van der Waals surface area contributed by atoms with Crippen LogP contribution in [0.3, 0.4) is 0 Å². The standard InChI is InChI=1S/C19H24N2O2/c1-2-18(22)20-16-11-9-15(10-12-16)19(23)21-13-5-7-14-6-3-4-8-17(14)21/h2,9-12,14,17H,1,3-8,13H2,(H,20,22)/t14-,17-/m0/s1. The third-order valence-corrected chi connectivity index (χ3v) is 5.09. The van der Waals surface area contributed by atoms with E-state index in [4.69, 9.17) is 0 Å². The summed E-state index contributed by atoms with van der Waals surface area (Å²) in [6, 6.07) is 7.57. The molecule has 23 heavy (non-hydrogen) atoms. The molecule has 122 valence electrons. The molecule has 3 rings (SSSR count). The zero-order valence-corrected chi connectivity index (χ0v) is 13.5. The SMILES string of the molecule is C=CC(=O)Nc1ccc(C(=O)N2CCC[C@@H]3CCCC[C@@H]32)cc1. The molecule has 1 heterocycles. The maximum Gasteiger partial charge on any atom is 0.254 e. The Morgan fingerprint density at radius 3 is 2.52 bits per heavy atom.